The number of nitrogen functional groups attached to an aromatic ring is 1. The quantitative estimate of drug-likeness (QED) is 0.794. The Morgan fingerprint density at radius 3 is 2.61 bits per heavy atom. The second-order valence-corrected chi connectivity index (χ2v) is 5.11. The van der Waals surface area contributed by atoms with Crippen LogP contribution in [0.1, 0.15) is 24.2 Å². The fourth-order valence-electron chi connectivity index (χ4n) is 2.22. The van der Waals surface area contributed by atoms with Gasteiger partial charge in [-0.3, -0.25) is 4.79 Å². The smallest absolute Gasteiger partial charge is 0.255 e. The molecule has 98 valence electrons. The van der Waals surface area contributed by atoms with Gasteiger partial charge in [-0.1, -0.05) is 11.6 Å². The van der Waals surface area contributed by atoms with E-state index in [1.807, 2.05) is 13.8 Å². The number of halogens is 1. The van der Waals surface area contributed by atoms with Gasteiger partial charge in [0.05, 0.1) is 22.8 Å². The van der Waals surface area contributed by atoms with E-state index in [2.05, 4.69) is 0 Å². The van der Waals surface area contributed by atoms with Crippen molar-refractivity contribution in [1.82, 2.24) is 4.90 Å². The van der Waals surface area contributed by atoms with Gasteiger partial charge in [0.25, 0.3) is 5.91 Å². The summed E-state index contributed by atoms with van der Waals surface area (Å²) in [6, 6.07) is 4.95. The summed E-state index contributed by atoms with van der Waals surface area (Å²) in [6.45, 7) is 5.07. The maximum Gasteiger partial charge on any atom is 0.255 e. The van der Waals surface area contributed by atoms with Gasteiger partial charge >= 0.3 is 0 Å². The van der Waals surface area contributed by atoms with Gasteiger partial charge in [0.2, 0.25) is 0 Å². The van der Waals surface area contributed by atoms with E-state index in [1.165, 1.54) is 0 Å². The zero-order chi connectivity index (χ0) is 13.3. The molecular weight excluding hydrogens is 252 g/mol. The average molecular weight is 269 g/mol. The first-order valence-electron chi connectivity index (χ1n) is 5.97. The lowest BCUT2D eigenvalue weighted by atomic mass is 10.1. The van der Waals surface area contributed by atoms with Gasteiger partial charge in [-0.05, 0) is 32.0 Å². The molecular formula is C13H17ClN2O2. The number of ether oxygens (including phenoxy) is 1. The van der Waals surface area contributed by atoms with Gasteiger partial charge in [-0.15, -0.1) is 0 Å². The lowest BCUT2D eigenvalue weighted by Crippen LogP contribution is -2.48. The van der Waals surface area contributed by atoms with Crippen LogP contribution in [0.25, 0.3) is 0 Å². The number of hydrogen-bond donors (Lipinski definition) is 1. The lowest BCUT2D eigenvalue weighted by molar-refractivity contribution is -0.0586. The van der Waals surface area contributed by atoms with E-state index >= 15 is 0 Å². The molecule has 1 aromatic carbocycles. The third-order valence-electron chi connectivity index (χ3n) is 2.93. The predicted molar refractivity (Wildman–Crippen MR) is 71.8 cm³/mol. The molecule has 1 aliphatic rings. The minimum absolute atomic E-state index is 0.0394. The van der Waals surface area contributed by atoms with E-state index in [0.29, 0.717) is 29.4 Å². The maximum absolute atomic E-state index is 12.4. The van der Waals surface area contributed by atoms with Crippen molar-refractivity contribution in [2.24, 2.45) is 0 Å². The number of carbonyl (C=O) groups is 1. The van der Waals surface area contributed by atoms with Crippen LogP contribution >= 0.6 is 11.6 Å². The molecule has 1 amide bonds. The Bertz CT molecular complexity index is 454. The summed E-state index contributed by atoms with van der Waals surface area (Å²) in [4.78, 5) is 14.2. The molecule has 0 aromatic heterocycles. The number of anilines is 1. The predicted octanol–water partition coefficient (Wildman–Crippen LogP) is 2.17. The molecule has 4 nitrogen and oxygen atoms in total. The van der Waals surface area contributed by atoms with Crippen molar-refractivity contribution in [3.63, 3.8) is 0 Å². The first kappa shape index (κ1) is 13.2. The topological polar surface area (TPSA) is 55.6 Å². The molecule has 0 spiro atoms. The molecule has 0 bridgehead atoms. The molecule has 18 heavy (non-hydrogen) atoms. The Hall–Kier alpha value is -1.26. The van der Waals surface area contributed by atoms with E-state index in [-0.39, 0.29) is 18.1 Å². The van der Waals surface area contributed by atoms with E-state index in [1.54, 1.807) is 23.1 Å². The normalized spacial score (nSPS) is 24.1. The second-order valence-electron chi connectivity index (χ2n) is 4.71. The highest BCUT2D eigenvalue weighted by Crippen LogP contribution is 2.22. The molecule has 2 rings (SSSR count). The zero-order valence-electron chi connectivity index (χ0n) is 10.5. The van der Waals surface area contributed by atoms with Crippen LogP contribution in [0.15, 0.2) is 18.2 Å². The van der Waals surface area contributed by atoms with Crippen molar-refractivity contribution < 1.29 is 9.53 Å². The SMILES string of the molecule is CC1CN(C(=O)c2cc(N)ccc2Cl)CC(C)O1. The maximum atomic E-state index is 12.4. The molecule has 5 heteroatoms. The number of carbonyl (C=O) groups excluding carboxylic acids is 1. The van der Waals surface area contributed by atoms with Crippen molar-refractivity contribution in [3.8, 4) is 0 Å². The minimum atomic E-state index is -0.0886. The van der Waals surface area contributed by atoms with E-state index in [0.717, 1.165) is 0 Å². The monoisotopic (exact) mass is 268 g/mol. The molecule has 0 aliphatic carbocycles. The van der Waals surface area contributed by atoms with E-state index in [9.17, 15) is 4.79 Å². The number of benzene rings is 1. The molecule has 2 atom stereocenters. The molecule has 0 saturated carbocycles. The number of nitrogens with two attached hydrogens (primary N) is 1. The zero-order valence-corrected chi connectivity index (χ0v) is 11.3. The molecule has 1 saturated heterocycles. The van der Waals surface area contributed by atoms with Gasteiger partial charge in [0.1, 0.15) is 0 Å². The molecule has 0 radical (unpaired) electrons. The number of amides is 1. The Labute approximate surface area is 112 Å². The highest BCUT2D eigenvalue weighted by molar-refractivity contribution is 6.34. The molecule has 1 fully saturated rings. The van der Waals surface area contributed by atoms with Crippen molar-refractivity contribution in [2.45, 2.75) is 26.1 Å². The lowest BCUT2D eigenvalue weighted by Gasteiger charge is -2.35. The highest BCUT2D eigenvalue weighted by Gasteiger charge is 2.27. The van der Waals surface area contributed by atoms with Crippen molar-refractivity contribution in [3.05, 3.63) is 28.8 Å². The summed E-state index contributed by atoms with van der Waals surface area (Å²) < 4.78 is 5.60. The largest absolute Gasteiger partial charge is 0.399 e. The van der Waals surface area contributed by atoms with Crippen LogP contribution in [0.5, 0.6) is 0 Å². The van der Waals surface area contributed by atoms with Crippen LogP contribution in [0.4, 0.5) is 5.69 Å². The highest BCUT2D eigenvalue weighted by atomic mass is 35.5. The molecule has 1 aliphatic heterocycles. The summed E-state index contributed by atoms with van der Waals surface area (Å²) in [5.41, 5.74) is 6.69. The Morgan fingerprint density at radius 2 is 2.00 bits per heavy atom. The van der Waals surface area contributed by atoms with Crippen molar-refractivity contribution >= 4 is 23.2 Å². The first-order chi connectivity index (χ1) is 8.47. The minimum Gasteiger partial charge on any atom is -0.399 e. The first-order valence-corrected chi connectivity index (χ1v) is 6.35. The van der Waals surface area contributed by atoms with Crippen LogP contribution in [0.3, 0.4) is 0 Å². The number of hydrogen-bond acceptors (Lipinski definition) is 3. The van der Waals surface area contributed by atoms with E-state index in [4.69, 9.17) is 22.1 Å². The molecule has 1 heterocycles. The number of nitrogens with zero attached hydrogens (tertiary/aromatic N) is 1. The van der Waals surface area contributed by atoms with Crippen molar-refractivity contribution in [1.29, 1.82) is 0 Å². The molecule has 2 N–H and O–H groups in total. The molecule has 2 unspecified atom stereocenters. The third kappa shape index (κ3) is 2.76. The second kappa shape index (κ2) is 5.16. The summed E-state index contributed by atoms with van der Waals surface area (Å²) in [5.74, 6) is -0.0886. The van der Waals surface area contributed by atoms with Crippen LogP contribution in [-0.4, -0.2) is 36.1 Å². The molecule has 1 aromatic rings. The van der Waals surface area contributed by atoms with E-state index < -0.39 is 0 Å². The summed E-state index contributed by atoms with van der Waals surface area (Å²) in [6.07, 6.45) is 0.0788. The fourth-order valence-corrected chi connectivity index (χ4v) is 2.42. The van der Waals surface area contributed by atoms with Crippen LogP contribution in [0.2, 0.25) is 5.02 Å². The van der Waals surface area contributed by atoms with Crippen LogP contribution < -0.4 is 5.73 Å². The van der Waals surface area contributed by atoms with Crippen LogP contribution in [-0.2, 0) is 4.74 Å². The standard InChI is InChI=1S/C13H17ClN2O2/c1-8-6-16(7-9(2)18-8)13(17)11-5-10(15)3-4-12(11)14/h3-5,8-9H,6-7,15H2,1-2H3. The summed E-state index contributed by atoms with van der Waals surface area (Å²) in [5, 5.41) is 0.431. The van der Waals surface area contributed by atoms with Gasteiger partial charge in [0.15, 0.2) is 0 Å². The summed E-state index contributed by atoms with van der Waals surface area (Å²) >= 11 is 6.05. The van der Waals surface area contributed by atoms with Gasteiger partial charge in [-0.25, -0.2) is 0 Å². The van der Waals surface area contributed by atoms with Crippen LogP contribution in [0, 0.1) is 0 Å². The third-order valence-corrected chi connectivity index (χ3v) is 3.26. The Kier molecular flexibility index (Phi) is 3.78. The van der Waals surface area contributed by atoms with Crippen molar-refractivity contribution in [2.75, 3.05) is 18.8 Å². The number of morpholine rings is 1. The Morgan fingerprint density at radius 1 is 1.39 bits per heavy atom. The fraction of sp³-hybridized carbons (Fsp3) is 0.462. The number of rotatable bonds is 1. The summed E-state index contributed by atoms with van der Waals surface area (Å²) in [7, 11) is 0. The van der Waals surface area contributed by atoms with Gasteiger partial charge in [0, 0.05) is 18.8 Å². The van der Waals surface area contributed by atoms with Gasteiger partial charge in [-0.2, -0.15) is 0 Å². The van der Waals surface area contributed by atoms with Gasteiger partial charge < -0.3 is 15.4 Å². The average Bonchev–Trinajstić information content (AvgIpc) is 2.30. The Balaban J connectivity index is 2.22.